The zero-order valence-electron chi connectivity index (χ0n) is 24.1. The number of halogens is 1. The maximum atomic E-state index is 14.2. The third-order valence-electron chi connectivity index (χ3n) is 7.50. The second kappa shape index (κ2) is 13.8. The van der Waals surface area contributed by atoms with Crippen molar-refractivity contribution in [1.29, 1.82) is 0 Å². The van der Waals surface area contributed by atoms with Gasteiger partial charge in [-0.1, -0.05) is 55.0 Å². The highest BCUT2D eigenvalue weighted by Gasteiger charge is 2.32. The van der Waals surface area contributed by atoms with Crippen molar-refractivity contribution in [2.24, 2.45) is 5.92 Å². The number of nitrogens with zero attached hydrogens (tertiary/aromatic N) is 2. The Balaban J connectivity index is 1.27. The fourth-order valence-electron chi connectivity index (χ4n) is 5.08. The van der Waals surface area contributed by atoms with Gasteiger partial charge in [-0.05, 0) is 62.1 Å². The van der Waals surface area contributed by atoms with Crippen LogP contribution in [0.25, 0.3) is 11.5 Å². The molecule has 0 radical (unpaired) electrons. The highest BCUT2D eigenvalue weighted by atomic mass is 19.1. The van der Waals surface area contributed by atoms with E-state index in [2.05, 4.69) is 26.1 Å². The molecule has 43 heavy (non-hydrogen) atoms. The first kappa shape index (κ1) is 29.5. The molecule has 1 heterocycles. The maximum absolute atomic E-state index is 14.2. The van der Waals surface area contributed by atoms with Crippen LogP contribution in [0.1, 0.15) is 50.0 Å². The lowest BCUT2D eigenvalue weighted by Crippen LogP contribution is -2.38. The van der Waals surface area contributed by atoms with Gasteiger partial charge >= 0.3 is 0 Å². The van der Waals surface area contributed by atoms with Gasteiger partial charge in [0.25, 0.3) is 11.8 Å². The Labute approximate surface area is 249 Å². The molecule has 1 aromatic heterocycles. The van der Waals surface area contributed by atoms with Gasteiger partial charge in [0.2, 0.25) is 11.8 Å². The van der Waals surface area contributed by atoms with Crippen LogP contribution in [0.15, 0.2) is 94.7 Å². The maximum Gasteiger partial charge on any atom is 0.273 e. The minimum atomic E-state index is -0.451. The van der Waals surface area contributed by atoms with Crippen molar-refractivity contribution in [1.82, 2.24) is 20.8 Å². The molecule has 1 aliphatic carbocycles. The van der Waals surface area contributed by atoms with E-state index >= 15 is 0 Å². The largest absolute Gasteiger partial charge is 0.488 e. The Hall–Kier alpha value is -4.99. The number of hydrogen-bond acceptors (Lipinski definition) is 7. The summed E-state index contributed by atoms with van der Waals surface area (Å²) in [5.41, 5.74) is 2.65. The number of allylic oxidation sites excluding steroid dienone is 1. The van der Waals surface area contributed by atoms with Crippen LogP contribution in [-0.4, -0.2) is 29.1 Å². The average Bonchev–Trinajstić information content (AvgIpc) is 3.54. The van der Waals surface area contributed by atoms with Gasteiger partial charge in [0.1, 0.15) is 23.9 Å². The number of benzene rings is 3. The fourth-order valence-corrected chi connectivity index (χ4v) is 5.08. The minimum absolute atomic E-state index is 0.150. The Bertz CT molecular complexity index is 1590. The Morgan fingerprint density at radius 1 is 1.00 bits per heavy atom. The number of nitrogens with one attached hydrogen (secondary N) is 3. The summed E-state index contributed by atoms with van der Waals surface area (Å²) in [5.74, 6) is -0.685. The molecule has 0 aliphatic heterocycles. The van der Waals surface area contributed by atoms with Crippen molar-refractivity contribution >= 4 is 17.5 Å². The van der Waals surface area contributed by atoms with Gasteiger partial charge in [-0.3, -0.25) is 9.59 Å². The smallest absolute Gasteiger partial charge is 0.273 e. The Morgan fingerprint density at radius 3 is 2.49 bits per heavy atom. The molecule has 1 aliphatic rings. The number of amides is 2. The first-order valence-corrected chi connectivity index (χ1v) is 14.3. The summed E-state index contributed by atoms with van der Waals surface area (Å²) in [7, 11) is 1.69. The number of hydrogen-bond donors (Lipinski definition) is 3. The molecule has 0 saturated heterocycles. The lowest BCUT2D eigenvalue weighted by molar-refractivity contribution is -0.126. The molecule has 5 rings (SSSR count). The molecule has 10 heteroatoms. The SMILES string of the molecule is CN/C(C)=C(/NC(=O)C1CCCC(c2nnc(-c3cc(F)ccc3OCc3ccccc3)o2)C1)C(=O)Nc1ccccc1. The number of ether oxygens (including phenoxy) is 1. The lowest BCUT2D eigenvalue weighted by atomic mass is 9.81. The van der Waals surface area contributed by atoms with Gasteiger partial charge in [0.05, 0.1) is 5.56 Å². The third kappa shape index (κ3) is 7.45. The second-order valence-corrected chi connectivity index (χ2v) is 10.5. The van der Waals surface area contributed by atoms with E-state index in [9.17, 15) is 14.0 Å². The summed E-state index contributed by atoms with van der Waals surface area (Å²) in [6.07, 6.45) is 2.67. The molecule has 2 unspecified atom stereocenters. The predicted octanol–water partition coefficient (Wildman–Crippen LogP) is 5.93. The van der Waals surface area contributed by atoms with Crippen molar-refractivity contribution < 1.29 is 23.1 Å². The Kier molecular flexibility index (Phi) is 9.46. The van der Waals surface area contributed by atoms with E-state index < -0.39 is 11.7 Å². The molecule has 9 nitrogen and oxygen atoms in total. The molecule has 0 spiro atoms. The van der Waals surface area contributed by atoms with Crippen LogP contribution in [0.4, 0.5) is 10.1 Å². The second-order valence-electron chi connectivity index (χ2n) is 10.5. The first-order chi connectivity index (χ1) is 20.9. The van der Waals surface area contributed by atoms with E-state index in [1.165, 1.54) is 12.1 Å². The van der Waals surface area contributed by atoms with Gasteiger partial charge < -0.3 is 25.1 Å². The molecule has 3 N–H and O–H groups in total. The summed E-state index contributed by atoms with van der Waals surface area (Å²) in [5, 5.41) is 17.1. The normalized spacial score (nSPS) is 17.0. The van der Waals surface area contributed by atoms with Gasteiger partial charge in [-0.25, -0.2) is 4.39 Å². The Morgan fingerprint density at radius 2 is 1.74 bits per heavy atom. The molecule has 1 fully saturated rings. The molecule has 2 amide bonds. The number of carbonyl (C=O) groups is 2. The summed E-state index contributed by atoms with van der Waals surface area (Å²) >= 11 is 0. The van der Waals surface area contributed by atoms with E-state index in [4.69, 9.17) is 9.15 Å². The van der Waals surface area contributed by atoms with E-state index in [1.807, 2.05) is 48.5 Å². The quantitative estimate of drug-likeness (QED) is 0.198. The molecule has 2 atom stereocenters. The highest BCUT2D eigenvalue weighted by Crippen LogP contribution is 2.38. The number of rotatable bonds is 10. The zero-order valence-corrected chi connectivity index (χ0v) is 24.1. The molecule has 222 valence electrons. The van der Waals surface area contributed by atoms with Crippen LogP contribution in [0.3, 0.4) is 0 Å². The minimum Gasteiger partial charge on any atom is -0.488 e. The first-order valence-electron chi connectivity index (χ1n) is 14.3. The van der Waals surface area contributed by atoms with E-state index in [1.54, 1.807) is 32.2 Å². The third-order valence-corrected chi connectivity index (χ3v) is 7.50. The van der Waals surface area contributed by atoms with E-state index in [-0.39, 0.29) is 29.3 Å². The number of para-hydroxylation sites is 1. The van der Waals surface area contributed by atoms with Crippen LogP contribution in [0.2, 0.25) is 0 Å². The standard InChI is InChI=1S/C33H34FN5O4/c1-21(35-2)29(31(41)36-26-14-7-4-8-15-26)37-30(40)23-12-9-13-24(18-23)32-38-39-33(43-32)27-19-25(34)16-17-28(27)42-20-22-10-5-3-6-11-22/h3-8,10-11,14-17,19,23-24,35H,9,12-13,18,20H2,1-2H3,(H,36,41)(H,37,40)/b29-21+. The van der Waals surface area contributed by atoms with Gasteiger partial charge in [-0.15, -0.1) is 10.2 Å². The average molecular weight is 584 g/mol. The molecule has 3 aromatic carbocycles. The number of aromatic nitrogens is 2. The van der Waals surface area contributed by atoms with Crippen LogP contribution in [0, 0.1) is 11.7 Å². The highest BCUT2D eigenvalue weighted by molar-refractivity contribution is 6.06. The summed E-state index contributed by atoms with van der Waals surface area (Å²) in [6, 6.07) is 22.9. The monoisotopic (exact) mass is 583 g/mol. The lowest BCUT2D eigenvalue weighted by Gasteiger charge is -2.26. The summed E-state index contributed by atoms with van der Waals surface area (Å²) in [4.78, 5) is 26.4. The van der Waals surface area contributed by atoms with Gasteiger partial charge in [0, 0.05) is 30.3 Å². The van der Waals surface area contributed by atoms with Crippen molar-refractivity contribution in [3.63, 3.8) is 0 Å². The van der Waals surface area contributed by atoms with Crippen molar-refractivity contribution in [2.45, 2.75) is 45.1 Å². The molecular formula is C33H34FN5O4. The zero-order chi connectivity index (χ0) is 30.2. The molecule has 1 saturated carbocycles. The van der Waals surface area contributed by atoms with Crippen LogP contribution >= 0.6 is 0 Å². The summed E-state index contributed by atoms with van der Waals surface area (Å²) < 4.78 is 26.2. The van der Waals surface area contributed by atoms with E-state index in [0.717, 1.165) is 18.4 Å². The van der Waals surface area contributed by atoms with Crippen molar-refractivity contribution in [3.05, 3.63) is 108 Å². The summed E-state index contributed by atoms with van der Waals surface area (Å²) in [6.45, 7) is 2.03. The predicted molar refractivity (Wildman–Crippen MR) is 160 cm³/mol. The molecule has 4 aromatic rings. The number of anilines is 1. The number of carbonyl (C=O) groups excluding carboxylic acids is 2. The topological polar surface area (TPSA) is 118 Å². The van der Waals surface area contributed by atoms with Crippen molar-refractivity contribution in [2.75, 3.05) is 12.4 Å². The van der Waals surface area contributed by atoms with Gasteiger partial charge in [0.15, 0.2) is 0 Å². The fraction of sp³-hybridized carbons (Fsp3) is 0.273. The molecule has 0 bridgehead atoms. The van der Waals surface area contributed by atoms with Crippen LogP contribution < -0.4 is 20.7 Å². The van der Waals surface area contributed by atoms with Crippen molar-refractivity contribution in [3.8, 4) is 17.2 Å². The van der Waals surface area contributed by atoms with E-state index in [0.29, 0.717) is 48.0 Å². The van der Waals surface area contributed by atoms with Crippen LogP contribution in [-0.2, 0) is 16.2 Å². The van der Waals surface area contributed by atoms with Crippen LogP contribution in [0.5, 0.6) is 5.75 Å². The van der Waals surface area contributed by atoms with Gasteiger partial charge in [-0.2, -0.15) is 0 Å². The molecular weight excluding hydrogens is 549 g/mol.